The fraction of sp³-hybridized carbons (Fsp3) is 0.286. The van der Waals surface area contributed by atoms with Gasteiger partial charge in [0.25, 0.3) is 5.91 Å². The zero-order chi connectivity index (χ0) is 19.8. The molecule has 2 aromatic rings. The van der Waals surface area contributed by atoms with Crippen molar-refractivity contribution in [2.24, 2.45) is 0 Å². The molecule has 2 aromatic carbocycles. The molecule has 0 spiro atoms. The molecule has 0 bridgehead atoms. The van der Waals surface area contributed by atoms with Crippen molar-refractivity contribution in [2.45, 2.75) is 33.6 Å². The summed E-state index contributed by atoms with van der Waals surface area (Å²) in [6, 6.07) is 13.1. The molecule has 0 aromatic heterocycles. The van der Waals surface area contributed by atoms with Crippen LogP contribution >= 0.6 is 0 Å². The second kappa shape index (κ2) is 9.52. The van der Waals surface area contributed by atoms with E-state index in [1.54, 1.807) is 6.07 Å². The number of hydrogen-bond acceptors (Lipinski definition) is 4. The van der Waals surface area contributed by atoms with Crippen LogP contribution in [0.15, 0.2) is 42.5 Å². The molecule has 0 saturated heterocycles. The Labute approximate surface area is 158 Å². The van der Waals surface area contributed by atoms with Crippen LogP contribution in [0.25, 0.3) is 0 Å². The molecule has 0 heterocycles. The van der Waals surface area contributed by atoms with Crippen molar-refractivity contribution in [3.8, 4) is 0 Å². The van der Waals surface area contributed by atoms with E-state index in [4.69, 9.17) is 4.74 Å². The molecule has 0 aliphatic carbocycles. The highest BCUT2D eigenvalue weighted by atomic mass is 16.5. The van der Waals surface area contributed by atoms with Crippen molar-refractivity contribution in [1.29, 1.82) is 0 Å². The van der Waals surface area contributed by atoms with Crippen molar-refractivity contribution in [2.75, 3.05) is 17.2 Å². The van der Waals surface area contributed by atoms with Gasteiger partial charge < -0.3 is 15.4 Å². The summed E-state index contributed by atoms with van der Waals surface area (Å²) in [7, 11) is 0. The van der Waals surface area contributed by atoms with Crippen LogP contribution in [-0.2, 0) is 19.1 Å². The van der Waals surface area contributed by atoms with Gasteiger partial charge in [0, 0.05) is 17.8 Å². The smallest absolute Gasteiger partial charge is 0.306 e. The van der Waals surface area contributed by atoms with E-state index in [0.29, 0.717) is 5.69 Å². The second-order valence-electron chi connectivity index (χ2n) is 6.34. The summed E-state index contributed by atoms with van der Waals surface area (Å²) in [5, 5.41) is 5.49. The maximum absolute atomic E-state index is 12.0. The summed E-state index contributed by atoms with van der Waals surface area (Å²) < 4.78 is 4.95. The Bertz CT molecular complexity index is 826. The molecule has 2 amide bonds. The number of anilines is 2. The predicted molar refractivity (Wildman–Crippen MR) is 105 cm³/mol. The largest absolute Gasteiger partial charge is 0.456 e. The van der Waals surface area contributed by atoms with Crippen molar-refractivity contribution >= 4 is 29.2 Å². The SMILES string of the molecule is Cc1ccccc1NC(=O)CCC(=O)OCC(=O)Nc1c(C)cccc1C. The molecule has 0 unspecified atom stereocenters. The van der Waals surface area contributed by atoms with E-state index < -0.39 is 11.9 Å². The maximum Gasteiger partial charge on any atom is 0.306 e. The van der Waals surface area contributed by atoms with Crippen molar-refractivity contribution in [3.05, 3.63) is 59.2 Å². The third-order valence-electron chi connectivity index (χ3n) is 4.09. The number of amides is 2. The molecule has 2 rings (SSSR count). The number of rotatable bonds is 7. The minimum Gasteiger partial charge on any atom is -0.456 e. The Morgan fingerprint density at radius 3 is 2.07 bits per heavy atom. The average molecular weight is 368 g/mol. The first kappa shape index (κ1) is 20.2. The van der Waals surface area contributed by atoms with Crippen LogP contribution in [0.1, 0.15) is 29.5 Å². The molecule has 0 atom stereocenters. The first-order valence-corrected chi connectivity index (χ1v) is 8.74. The number of carbonyl (C=O) groups is 3. The molecule has 142 valence electrons. The van der Waals surface area contributed by atoms with Crippen LogP contribution in [0.5, 0.6) is 0 Å². The number of para-hydroxylation sites is 2. The van der Waals surface area contributed by atoms with Gasteiger partial charge in [0.2, 0.25) is 5.91 Å². The van der Waals surface area contributed by atoms with Crippen LogP contribution in [0, 0.1) is 20.8 Å². The first-order valence-electron chi connectivity index (χ1n) is 8.74. The molecule has 27 heavy (non-hydrogen) atoms. The van der Waals surface area contributed by atoms with E-state index >= 15 is 0 Å². The zero-order valence-electron chi connectivity index (χ0n) is 15.8. The quantitative estimate of drug-likeness (QED) is 0.733. The van der Waals surface area contributed by atoms with Crippen molar-refractivity contribution in [1.82, 2.24) is 0 Å². The Kier molecular flexibility index (Phi) is 7.11. The van der Waals surface area contributed by atoms with Crippen LogP contribution in [0.4, 0.5) is 11.4 Å². The minimum absolute atomic E-state index is 0.00825. The van der Waals surface area contributed by atoms with E-state index in [2.05, 4.69) is 10.6 Å². The fourth-order valence-corrected chi connectivity index (χ4v) is 2.55. The van der Waals surface area contributed by atoms with Gasteiger partial charge in [-0.25, -0.2) is 0 Å². The number of benzene rings is 2. The van der Waals surface area contributed by atoms with E-state index in [1.807, 2.05) is 57.2 Å². The number of esters is 1. The number of nitrogens with one attached hydrogen (secondary N) is 2. The summed E-state index contributed by atoms with van der Waals surface area (Å²) >= 11 is 0. The third kappa shape index (κ3) is 6.26. The van der Waals surface area contributed by atoms with Gasteiger partial charge in [-0.2, -0.15) is 0 Å². The molecule has 0 aliphatic heterocycles. The summed E-state index contributed by atoms with van der Waals surface area (Å²) in [5.74, 6) is -1.28. The zero-order valence-corrected chi connectivity index (χ0v) is 15.8. The van der Waals surface area contributed by atoms with Gasteiger partial charge in [0.05, 0.1) is 6.42 Å². The van der Waals surface area contributed by atoms with Crippen LogP contribution in [-0.4, -0.2) is 24.4 Å². The lowest BCUT2D eigenvalue weighted by Gasteiger charge is -2.11. The molecule has 6 heteroatoms. The molecule has 2 N–H and O–H groups in total. The molecule has 6 nitrogen and oxygen atoms in total. The van der Waals surface area contributed by atoms with Gasteiger partial charge in [0.15, 0.2) is 6.61 Å². The van der Waals surface area contributed by atoms with Crippen LogP contribution in [0.3, 0.4) is 0 Å². The van der Waals surface area contributed by atoms with E-state index in [1.165, 1.54) is 0 Å². The molecular formula is C21H24N2O4. The van der Waals surface area contributed by atoms with E-state index in [-0.39, 0.29) is 25.4 Å². The summed E-state index contributed by atoms with van der Waals surface area (Å²) in [6.45, 7) is 5.29. The molecule has 0 radical (unpaired) electrons. The number of ether oxygens (including phenoxy) is 1. The lowest BCUT2D eigenvalue weighted by atomic mass is 10.1. The predicted octanol–water partition coefficient (Wildman–Crippen LogP) is 3.51. The summed E-state index contributed by atoms with van der Waals surface area (Å²) in [5.41, 5.74) is 4.24. The number of aryl methyl sites for hydroxylation is 3. The van der Waals surface area contributed by atoms with Crippen molar-refractivity contribution < 1.29 is 19.1 Å². The molecule has 0 fully saturated rings. The topological polar surface area (TPSA) is 84.5 Å². The van der Waals surface area contributed by atoms with Gasteiger partial charge in [-0.15, -0.1) is 0 Å². The van der Waals surface area contributed by atoms with Gasteiger partial charge >= 0.3 is 5.97 Å². The van der Waals surface area contributed by atoms with E-state index in [0.717, 1.165) is 22.4 Å². The molecular weight excluding hydrogens is 344 g/mol. The number of hydrogen-bond donors (Lipinski definition) is 2. The van der Waals surface area contributed by atoms with Gasteiger partial charge in [-0.3, -0.25) is 14.4 Å². The third-order valence-corrected chi connectivity index (χ3v) is 4.09. The van der Waals surface area contributed by atoms with Gasteiger partial charge in [-0.05, 0) is 43.5 Å². The lowest BCUT2D eigenvalue weighted by Crippen LogP contribution is -2.22. The second-order valence-corrected chi connectivity index (χ2v) is 6.34. The van der Waals surface area contributed by atoms with Gasteiger partial charge in [0.1, 0.15) is 0 Å². The highest BCUT2D eigenvalue weighted by Crippen LogP contribution is 2.19. The van der Waals surface area contributed by atoms with Gasteiger partial charge in [-0.1, -0.05) is 36.4 Å². The maximum atomic E-state index is 12.0. The van der Waals surface area contributed by atoms with Crippen LogP contribution < -0.4 is 10.6 Å². The monoisotopic (exact) mass is 368 g/mol. The molecule has 0 aliphatic rings. The Morgan fingerprint density at radius 1 is 0.778 bits per heavy atom. The standard InChI is InChI=1S/C21H24N2O4/c1-14-7-4-5-10-17(14)22-18(24)11-12-20(26)27-13-19(25)23-21-15(2)8-6-9-16(21)3/h4-10H,11-13H2,1-3H3,(H,22,24)(H,23,25). The highest BCUT2D eigenvalue weighted by Gasteiger charge is 2.12. The number of carbonyl (C=O) groups excluding carboxylic acids is 3. The molecule has 0 saturated carbocycles. The minimum atomic E-state index is -0.591. The normalized spacial score (nSPS) is 10.2. The fourth-order valence-electron chi connectivity index (χ4n) is 2.55. The van der Waals surface area contributed by atoms with Crippen molar-refractivity contribution in [3.63, 3.8) is 0 Å². The summed E-state index contributed by atoms with van der Waals surface area (Å²) in [6.07, 6.45) is -0.0971. The average Bonchev–Trinajstić information content (AvgIpc) is 2.63. The summed E-state index contributed by atoms with van der Waals surface area (Å²) in [4.78, 5) is 35.7. The Balaban J connectivity index is 1.73. The first-order chi connectivity index (χ1) is 12.9. The Hall–Kier alpha value is -3.15. The highest BCUT2D eigenvalue weighted by molar-refractivity contribution is 5.95. The Morgan fingerprint density at radius 2 is 1.41 bits per heavy atom. The van der Waals surface area contributed by atoms with Crippen LogP contribution in [0.2, 0.25) is 0 Å². The lowest BCUT2D eigenvalue weighted by molar-refractivity contribution is -0.147. The van der Waals surface area contributed by atoms with E-state index in [9.17, 15) is 14.4 Å².